The van der Waals surface area contributed by atoms with Crippen LogP contribution in [-0.2, 0) is 13.6 Å². The molecule has 0 saturated heterocycles. The van der Waals surface area contributed by atoms with E-state index in [2.05, 4.69) is 5.10 Å². The number of carbonyl (C=O) groups excluding carboxylic acids is 1. The molecule has 5 heteroatoms. The quantitative estimate of drug-likeness (QED) is 0.730. The lowest BCUT2D eigenvalue weighted by molar-refractivity contribution is 0.0996. The molecule has 0 radical (unpaired) electrons. The summed E-state index contributed by atoms with van der Waals surface area (Å²) in [6.07, 6.45) is 1.82. The van der Waals surface area contributed by atoms with E-state index in [0.29, 0.717) is 17.9 Å². The molecule has 1 amide bonds. The van der Waals surface area contributed by atoms with Gasteiger partial charge in [-0.25, -0.2) is 0 Å². The van der Waals surface area contributed by atoms with Crippen molar-refractivity contribution in [1.29, 1.82) is 0 Å². The zero-order valence-corrected chi connectivity index (χ0v) is 12.4. The number of hydrogen-bond donors (Lipinski definition) is 0. The highest BCUT2D eigenvalue weighted by molar-refractivity contribution is 6.10. The molecular formula is C17H15N3O2. The van der Waals surface area contributed by atoms with Crippen LogP contribution in [0.1, 0.15) is 15.9 Å². The molecule has 0 aliphatic carbocycles. The summed E-state index contributed by atoms with van der Waals surface area (Å²) in [5.41, 5.74) is 3.68. The third-order valence-electron chi connectivity index (χ3n) is 4.16. The summed E-state index contributed by atoms with van der Waals surface area (Å²) in [5, 5.41) is 5.27. The molecule has 1 aliphatic heterocycles. The van der Waals surface area contributed by atoms with Crippen molar-refractivity contribution in [1.82, 2.24) is 9.78 Å². The molecule has 0 fully saturated rings. The third-order valence-corrected chi connectivity index (χ3v) is 4.16. The maximum atomic E-state index is 12.7. The number of ether oxygens (including phenoxy) is 1. The first-order chi connectivity index (χ1) is 10.7. The second-order valence-electron chi connectivity index (χ2n) is 5.43. The molecular weight excluding hydrogens is 278 g/mol. The molecule has 0 atom stereocenters. The summed E-state index contributed by atoms with van der Waals surface area (Å²) >= 11 is 0. The highest BCUT2D eigenvalue weighted by Gasteiger charge is 2.29. The fourth-order valence-electron chi connectivity index (χ4n) is 2.93. The van der Waals surface area contributed by atoms with Gasteiger partial charge in [-0.1, -0.05) is 6.07 Å². The molecule has 0 saturated carbocycles. The topological polar surface area (TPSA) is 47.4 Å². The van der Waals surface area contributed by atoms with Gasteiger partial charge in [0.05, 0.1) is 25.4 Å². The Morgan fingerprint density at radius 1 is 1.18 bits per heavy atom. The number of amides is 1. The van der Waals surface area contributed by atoms with E-state index in [-0.39, 0.29) is 5.91 Å². The van der Waals surface area contributed by atoms with Crippen molar-refractivity contribution in [2.24, 2.45) is 7.05 Å². The lowest BCUT2D eigenvalue weighted by Gasteiger charge is -2.15. The highest BCUT2D eigenvalue weighted by Crippen LogP contribution is 2.32. The van der Waals surface area contributed by atoms with Crippen LogP contribution in [0.5, 0.6) is 5.75 Å². The van der Waals surface area contributed by atoms with Crippen molar-refractivity contribution in [3.8, 4) is 5.75 Å². The molecule has 2 aromatic carbocycles. The fourth-order valence-corrected chi connectivity index (χ4v) is 2.93. The summed E-state index contributed by atoms with van der Waals surface area (Å²) in [7, 11) is 3.51. The van der Waals surface area contributed by atoms with Crippen LogP contribution in [-0.4, -0.2) is 22.8 Å². The van der Waals surface area contributed by atoms with Crippen molar-refractivity contribution in [2.45, 2.75) is 6.54 Å². The Balaban J connectivity index is 1.75. The van der Waals surface area contributed by atoms with E-state index in [9.17, 15) is 4.79 Å². The maximum Gasteiger partial charge on any atom is 0.259 e. The summed E-state index contributed by atoms with van der Waals surface area (Å²) in [5.74, 6) is 0.716. The number of nitrogens with zero attached hydrogens (tertiary/aromatic N) is 3. The molecule has 110 valence electrons. The molecule has 1 aromatic heterocycles. The second-order valence-corrected chi connectivity index (χ2v) is 5.43. The van der Waals surface area contributed by atoms with Crippen LogP contribution < -0.4 is 9.64 Å². The molecule has 22 heavy (non-hydrogen) atoms. The minimum absolute atomic E-state index is 0.0112. The van der Waals surface area contributed by atoms with Gasteiger partial charge in [-0.05, 0) is 35.9 Å². The predicted molar refractivity (Wildman–Crippen MR) is 84.2 cm³/mol. The van der Waals surface area contributed by atoms with E-state index in [1.807, 2.05) is 48.3 Å². The average Bonchev–Trinajstić information content (AvgIpc) is 3.08. The number of methoxy groups -OCH3 is 1. The third kappa shape index (κ3) is 1.79. The van der Waals surface area contributed by atoms with Crippen molar-refractivity contribution in [3.63, 3.8) is 0 Å². The Morgan fingerprint density at radius 3 is 2.86 bits per heavy atom. The first-order valence-corrected chi connectivity index (χ1v) is 7.08. The normalized spacial score (nSPS) is 13.7. The number of hydrogen-bond acceptors (Lipinski definition) is 3. The first kappa shape index (κ1) is 12.9. The number of aryl methyl sites for hydroxylation is 1. The standard InChI is InChI=1S/C17H15N3O2/c1-19-16-6-4-13(7-12(16)9-18-19)20-10-11-3-5-14(22-2)8-15(11)17(20)21/h3-9H,10H2,1-2H3. The van der Waals surface area contributed by atoms with E-state index in [1.165, 1.54) is 0 Å². The van der Waals surface area contributed by atoms with Gasteiger partial charge in [0, 0.05) is 23.7 Å². The van der Waals surface area contributed by atoms with Crippen molar-refractivity contribution < 1.29 is 9.53 Å². The Kier molecular flexibility index (Phi) is 2.69. The van der Waals surface area contributed by atoms with E-state index in [1.54, 1.807) is 18.1 Å². The van der Waals surface area contributed by atoms with Crippen molar-refractivity contribution in [2.75, 3.05) is 12.0 Å². The highest BCUT2D eigenvalue weighted by atomic mass is 16.5. The number of benzene rings is 2. The lowest BCUT2D eigenvalue weighted by atomic mass is 10.1. The predicted octanol–water partition coefficient (Wildman–Crippen LogP) is 2.74. The number of aromatic nitrogens is 2. The Bertz CT molecular complexity index is 898. The molecule has 0 unspecified atom stereocenters. The summed E-state index contributed by atoms with van der Waals surface area (Å²) in [4.78, 5) is 14.4. The van der Waals surface area contributed by atoms with Gasteiger partial charge in [-0.3, -0.25) is 9.48 Å². The van der Waals surface area contributed by atoms with Crippen molar-refractivity contribution in [3.05, 3.63) is 53.7 Å². The van der Waals surface area contributed by atoms with Crippen LogP contribution in [0.4, 0.5) is 5.69 Å². The molecule has 3 aromatic rings. The summed E-state index contributed by atoms with van der Waals surface area (Å²) in [6, 6.07) is 11.6. The minimum atomic E-state index is 0.0112. The molecule has 0 bridgehead atoms. The number of anilines is 1. The Hall–Kier alpha value is -2.82. The van der Waals surface area contributed by atoms with Crippen LogP contribution in [0, 0.1) is 0 Å². The van der Waals surface area contributed by atoms with E-state index >= 15 is 0 Å². The van der Waals surface area contributed by atoms with E-state index in [0.717, 1.165) is 22.2 Å². The van der Waals surface area contributed by atoms with Gasteiger partial charge < -0.3 is 9.64 Å². The van der Waals surface area contributed by atoms with Crippen LogP contribution in [0.2, 0.25) is 0 Å². The van der Waals surface area contributed by atoms with Gasteiger partial charge in [0.15, 0.2) is 0 Å². The Labute approximate surface area is 127 Å². The lowest BCUT2D eigenvalue weighted by Crippen LogP contribution is -2.22. The molecule has 1 aliphatic rings. The monoisotopic (exact) mass is 293 g/mol. The van der Waals surface area contributed by atoms with Gasteiger partial charge in [-0.2, -0.15) is 5.10 Å². The Morgan fingerprint density at radius 2 is 2.05 bits per heavy atom. The minimum Gasteiger partial charge on any atom is -0.497 e. The number of rotatable bonds is 2. The summed E-state index contributed by atoms with van der Waals surface area (Å²) in [6.45, 7) is 0.587. The summed E-state index contributed by atoms with van der Waals surface area (Å²) < 4.78 is 7.03. The number of fused-ring (bicyclic) bond motifs is 2. The largest absolute Gasteiger partial charge is 0.497 e. The molecule has 2 heterocycles. The first-order valence-electron chi connectivity index (χ1n) is 7.08. The zero-order valence-electron chi connectivity index (χ0n) is 12.4. The van der Waals surface area contributed by atoms with E-state index < -0.39 is 0 Å². The van der Waals surface area contributed by atoms with Gasteiger partial charge in [0.2, 0.25) is 0 Å². The molecule has 0 spiro atoms. The fraction of sp³-hybridized carbons (Fsp3) is 0.176. The van der Waals surface area contributed by atoms with Gasteiger partial charge >= 0.3 is 0 Å². The number of carbonyl (C=O) groups is 1. The van der Waals surface area contributed by atoms with Crippen LogP contribution in [0.25, 0.3) is 10.9 Å². The maximum absolute atomic E-state index is 12.7. The van der Waals surface area contributed by atoms with Crippen LogP contribution in [0.3, 0.4) is 0 Å². The van der Waals surface area contributed by atoms with Crippen LogP contribution in [0.15, 0.2) is 42.6 Å². The smallest absolute Gasteiger partial charge is 0.259 e. The zero-order chi connectivity index (χ0) is 15.3. The van der Waals surface area contributed by atoms with Crippen molar-refractivity contribution >= 4 is 22.5 Å². The van der Waals surface area contributed by atoms with Gasteiger partial charge in [0.1, 0.15) is 5.75 Å². The SMILES string of the molecule is COc1ccc2c(c1)C(=O)N(c1ccc3c(cnn3C)c1)C2. The average molecular weight is 293 g/mol. The van der Waals surface area contributed by atoms with Gasteiger partial charge in [0.25, 0.3) is 5.91 Å². The van der Waals surface area contributed by atoms with Gasteiger partial charge in [-0.15, -0.1) is 0 Å². The molecule has 0 N–H and O–H groups in total. The molecule has 5 nitrogen and oxygen atoms in total. The molecule has 4 rings (SSSR count). The van der Waals surface area contributed by atoms with Crippen LogP contribution >= 0.6 is 0 Å². The van der Waals surface area contributed by atoms with E-state index in [4.69, 9.17) is 4.74 Å². The second kappa shape index (κ2) is 4.59.